The van der Waals surface area contributed by atoms with Gasteiger partial charge in [-0.3, -0.25) is 4.79 Å². The van der Waals surface area contributed by atoms with E-state index < -0.39 is 0 Å². The van der Waals surface area contributed by atoms with E-state index in [0.29, 0.717) is 38.5 Å². The van der Waals surface area contributed by atoms with E-state index in [9.17, 15) is 4.79 Å². The quantitative estimate of drug-likeness (QED) is 0.818. The van der Waals surface area contributed by atoms with Gasteiger partial charge in [0, 0.05) is 5.02 Å². The van der Waals surface area contributed by atoms with Crippen LogP contribution >= 0.6 is 34.8 Å². The van der Waals surface area contributed by atoms with Crippen molar-refractivity contribution in [3.63, 3.8) is 0 Å². The summed E-state index contributed by atoms with van der Waals surface area (Å²) in [5.41, 5.74) is 7.57. The molecular weight excluding hydrogens is 335 g/mol. The van der Waals surface area contributed by atoms with Crippen LogP contribution in [0.3, 0.4) is 0 Å². The number of hydrogen-bond acceptors (Lipinski definition) is 3. The van der Waals surface area contributed by atoms with E-state index in [1.165, 1.54) is 4.68 Å². The van der Waals surface area contributed by atoms with Gasteiger partial charge in [-0.25, -0.2) is 4.68 Å². The number of aromatic nitrogens is 2. The Balaban J connectivity index is 2.71. The minimum absolute atomic E-state index is 0.0563. The molecule has 0 saturated heterocycles. The molecule has 0 aliphatic rings. The summed E-state index contributed by atoms with van der Waals surface area (Å²) in [4.78, 5) is 10.8. The standard InChI is InChI=1S/C13H13Cl3N4O/c1-6(2)10-11(18-5-21)13(17)20(19-10)12-8(15)3-7(14)4-9(12)16/h3-6H,17H2,1-2H3,(H,18,21). The van der Waals surface area contributed by atoms with Gasteiger partial charge in [0.2, 0.25) is 6.41 Å². The number of hydrogen-bond donors (Lipinski definition) is 2. The first-order valence-corrected chi connectivity index (χ1v) is 7.23. The van der Waals surface area contributed by atoms with Gasteiger partial charge in [-0.05, 0) is 18.1 Å². The zero-order chi connectivity index (χ0) is 15.7. The van der Waals surface area contributed by atoms with Crippen molar-refractivity contribution in [1.82, 2.24) is 9.78 Å². The van der Waals surface area contributed by atoms with Crippen molar-refractivity contribution in [2.75, 3.05) is 11.1 Å². The maximum Gasteiger partial charge on any atom is 0.211 e. The summed E-state index contributed by atoms with van der Waals surface area (Å²) >= 11 is 18.3. The predicted molar refractivity (Wildman–Crippen MR) is 86.8 cm³/mol. The molecule has 2 rings (SSSR count). The van der Waals surface area contributed by atoms with Gasteiger partial charge in [0.1, 0.15) is 11.4 Å². The molecule has 21 heavy (non-hydrogen) atoms. The van der Waals surface area contributed by atoms with Crippen LogP contribution in [0.15, 0.2) is 12.1 Å². The van der Waals surface area contributed by atoms with Crippen molar-refractivity contribution in [3.8, 4) is 5.69 Å². The Kier molecular flexibility index (Phi) is 4.66. The molecule has 1 aromatic carbocycles. The lowest BCUT2D eigenvalue weighted by Gasteiger charge is -2.09. The second-order valence-electron chi connectivity index (χ2n) is 4.69. The number of nitrogens with one attached hydrogen (secondary N) is 1. The first-order chi connectivity index (χ1) is 9.86. The summed E-state index contributed by atoms with van der Waals surface area (Å²) in [6, 6.07) is 3.10. The van der Waals surface area contributed by atoms with E-state index in [1.54, 1.807) is 12.1 Å². The molecule has 0 bridgehead atoms. The van der Waals surface area contributed by atoms with Gasteiger partial charge < -0.3 is 11.1 Å². The topological polar surface area (TPSA) is 72.9 Å². The second kappa shape index (κ2) is 6.13. The third-order valence-corrected chi connectivity index (χ3v) is 3.69. The van der Waals surface area contributed by atoms with E-state index >= 15 is 0 Å². The van der Waals surface area contributed by atoms with Gasteiger partial charge >= 0.3 is 0 Å². The highest BCUT2D eigenvalue weighted by atomic mass is 35.5. The molecule has 112 valence electrons. The van der Waals surface area contributed by atoms with Gasteiger partial charge in [0.25, 0.3) is 0 Å². The number of carbonyl (C=O) groups is 1. The van der Waals surface area contributed by atoms with Gasteiger partial charge in [-0.2, -0.15) is 5.10 Å². The van der Waals surface area contributed by atoms with E-state index in [1.807, 2.05) is 13.8 Å². The zero-order valence-electron chi connectivity index (χ0n) is 11.3. The molecular formula is C13H13Cl3N4O. The fraction of sp³-hybridized carbons (Fsp3) is 0.231. The summed E-state index contributed by atoms with van der Waals surface area (Å²) in [6.45, 7) is 3.88. The first-order valence-electron chi connectivity index (χ1n) is 6.10. The molecule has 0 atom stereocenters. The Morgan fingerprint density at radius 3 is 2.33 bits per heavy atom. The molecule has 0 unspecified atom stereocenters. The van der Waals surface area contributed by atoms with E-state index in [-0.39, 0.29) is 11.7 Å². The monoisotopic (exact) mass is 346 g/mol. The fourth-order valence-electron chi connectivity index (χ4n) is 1.97. The molecule has 0 radical (unpaired) electrons. The van der Waals surface area contributed by atoms with Gasteiger partial charge in [0.15, 0.2) is 5.82 Å². The Labute approximate surface area is 137 Å². The molecule has 0 aliphatic carbocycles. The highest BCUT2D eigenvalue weighted by Crippen LogP contribution is 2.37. The number of rotatable bonds is 4. The number of benzene rings is 1. The Hall–Kier alpha value is -1.43. The summed E-state index contributed by atoms with van der Waals surface area (Å²) in [5, 5.41) is 8.01. The lowest BCUT2D eigenvalue weighted by molar-refractivity contribution is -0.105. The smallest absolute Gasteiger partial charge is 0.211 e. The highest BCUT2D eigenvalue weighted by molar-refractivity contribution is 6.40. The van der Waals surface area contributed by atoms with Gasteiger partial charge in [-0.15, -0.1) is 0 Å². The van der Waals surface area contributed by atoms with Crippen LogP contribution < -0.4 is 11.1 Å². The minimum Gasteiger partial charge on any atom is -0.382 e. The molecule has 0 aliphatic heterocycles. The predicted octanol–water partition coefficient (Wildman–Crippen LogP) is 4.11. The lowest BCUT2D eigenvalue weighted by atomic mass is 10.1. The average molecular weight is 348 g/mol. The second-order valence-corrected chi connectivity index (χ2v) is 5.94. The van der Waals surface area contributed by atoms with Crippen LogP contribution in [0, 0.1) is 0 Å². The lowest BCUT2D eigenvalue weighted by Crippen LogP contribution is -2.05. The molecule has 2 aromatic rings. The number of nitrogens with zero attached hydrogens (tertiary/aromatic N) is 2. The molecule has 1 heterocycles. The Bertz CT molecular complexity index is 674. The number of halogens is 3. The largest absolute Gasteiger partial charge is 0.382 e. The molecule has 0 fully saturated rings. The van der Waals surface area contributed by atoms with Crippen LogP contribution in [0.1, 0.15) is 25.5 Å². The third kappa shape index (κ3) is 2.95. The number of amides is 1. The third-order valence-electron chi connectivity index (χ3n) is 2.89. The first kappa shape index (κ1) is 15.9. The van der Waals surface area contributed by atoms with Gasteiger partial charge in [-0.1, -0.05) is 48.7 Å². The molecule has 8 heteroatoms. The maximum atomic E-state index is 10.8. The van der Waals surface area contributed by atoms with Crippen LogP contribution in [0.2, 0.25) is 15.1 Å². The van der Waals surface area contributed by atoms with Crippen LogP contribution in [0.25, 0.3) is 5.69 Å². The average Bonchev–Trinajstić information content (AvgIpc) is 2.68. The summed E-state index contributed by atoms with van der Waals surface area (Å²) in [5.74, 6) is 0.303. The van der Waals surface area contributed by atoms with Crippen molar-refractivity contribution < 1.29 is 4.79 Å². The van der Waals surface area contributed by atoms with E-state index in [0.717, 1.165) is 0 Å². The van der Waals surface area contributed by atoms with Crippen molar-refractivity contribution in [1.29, 1.82) is 0 Å². The van der Waals surface area contributed by atoms with Crippen LogP contribution in [-0.2, 0) is 4.79 Å². The molecule has 5 nitrogen and oxygen atoms in total. The number of nitrogens with two attached hydrogens (primary N) is 1. The van der Waals surface area contributed by atoms with Crippen molar-refractivity contribution in [2.24, 2.45) is 0 Å². The fourth-order valence-corrected chi connectivity index (χ4v) is 2.94. The summed E-state index contributed by atoms with van der Waals surface area (Å²) < 4.78 is 1.40. The normalized spacial score (nSPS) is 11.0. The highest BCUT2D eigenvalue weighted by Gasteiger charge is 2.21. The van der Waals surface area contributed by atoms with E-state index in [4.69, 9.17) is 40.5 Å². The van der Waals surface area contributed by atoms with Crippen LogP contribution in [0.5, 0.6) is 0 Å². The maximum absolute atomic E-state index is 10.8. The number of carbonyl (C=O) groups excluding carboxylic acids is 1. The number of nitrogen functional groups attached to an aromatic ring is 1. The summed E-state index contributed by atoms with van der Waals surface area (Å²) in [6.07, 6.45) is 0.550. The Morgan fingerprint density at radius 2 is 1.86 bits per heavy atom. The zero-order valence-corrected chi connectivity index (χ0v) is 13.6. The van der Waals surface area contributed by atoms with Crippen LogP contribution in [0.4, 0.5) is 11.5 Å². The molecule has 0 saturated carbocycles. The SMILES string of the molecule is CC(C)c1nn(-c2c(Cl)cc(Cl)cc2Cl)c(N)c1NC=O. The molecule has 1 aromatic heterocycles. The Morgan fingerprint density at radius 1 is 1.29 bits per heavy atom. The van der Waals surface area contributed by atoms with E-state index in [2.05, 4.69) is 10.4 Å². The van der Waals surface area contributed by atoms with Crippen molar-refractivity contribution >= 4 is 52.7 Å². The summed E-state index contributed by atoms with van der Waals surface area (Å²) in [7, 11) is 0. The van der Waals surface area contributed by atoms with Crippen molar-refractivity contribution in [3.05, 3.63) is 32.9 Å². The van der Waals surface area contributed by atoms with Crippen LogP contribution in [-0.4, -0.2) is 16.2 Å². The van der Waals surface area contributed by atoms with Gasteiger partial charge in [0.05, 0.1) is 15.7 Å². The molecule has 0 spiro atoms. The number of anilines is 2. The molecule has 3 N–H and O–H groups in total. The molecule has 1 amide bonds. The minimum atomic E-state index is 0.0563. The van der Waals surface area contributed by atoms with Crippen molar-refractivity contribution in [2.45, 2.75) is 19.8 Å².